The molecule has 1 heterocycles. The molecule has 0 aliphatic heterocycles. The van der Waals surface area contributed by atoms with E-state index >= 15 is 0 Å². The Labute approximate surface area is 125 Å². The minimum atomic E-state index is -0.910. The minimum absolute atomic E-state index is 0.290. The van der Waals surface area contributed by atoms with Gasteiger partial charge in [-0.3, -0.25) is 0 Å². The number of nitrogens with zero attached hydrogens (tertiary/aromatic N) is 2. The largest absolute Gasteiger partial charge is 0.478 e. The summed E-state index contributed by atoms with van der Waals surface area (Å²) >= 11 is 0. The van der Waals surface area contributed by atoms with Gasteiger partial charge in [0.15, 0.2) is 0 Å². The summed E-state index contributed by atoms with van der Waals surface area (Å²) in [6, 6.07) is 5.56. The molecule has 1 N–H and O–H groups in total. The topological polar surface area (TPSA) is 55.1 Å². The Bertz CT molecular complexity index is 658. The van der Waals surface area contributed by atoms with E-state index in [9.17, 15) is 4.79 Å². The third kappa shape index (κ3) is 2.80. The molecule has 21 heavy (non-hydrogen) atoms. The molecule has 114 valence electrons. The lowest BCUT2D eigenvalue weighted by molar-refractivity contribution is 0.0697. The maximum absolute atomic E-state index is 11.1. The average molecular weight is 288 g/mol. The summed E-state index contributed by atoms with van der Waals surface area (Å²) in [5.74, 6) is 0.962. The van der Waals surface area contributed by atoms with E-state index in [1.54, 1.807) is 12.1 Å². The van der Waals surface area contributed by atoms with Crippen LogP contribution in [0.2, 0.25) is 0 Å². The van der Waals surface area contributed by atoms with Crippen LogP contribution < -0.4 is 0 Å². The van der Waals surface area contributed by atoms with Crippen molar-refractivity contribution in [1.29, 1.82) is 0 Å². The maximum Gasteiger partial charge on any atom is 0.335 e. The molecule has 1 aromatic carbocycles. The van der Waals surface area contributed by atoms with Gasteiger partial charge in [-0.25, -0.2) is 9.78 Å². The highest BCUT2D eigenvalue weighted by molar-refractivity contribution is 5.92. The fourth-order valence-corrected chi connectivity index (χ4v) is 2.68. The third-order valence-electron chi connectivity index (χ3n) is 4.35. The van der Waals surface area contributed by atoms with Gasteiger partial charge in [-0.15, -0.1) is 0 Å². The number of fused-ring (bicyclic) bond motifs is 1. The Kier molecular flexibility index (Phi) is 4.35. The molecule has 4 heteroatoms. The zero-order valence-electron chi connectivity index (χ0n) is 13.4. The van der Waals surface area contributed by atoms with E-state index in [-0.39, 0.29) is 0 Å². The number of imidazole rings is 1. The molecular formula is C17H24N2O2. The lowest BCUT2D eigenvalue weighted by Crippen LogP contribution is -2.16. The Morgan fingerprint density at radius 1 is 1.29 bits per heavy atom. The number of hydrogen-bond donors (Lipinski definition) is 1. The van der Waals surface area contributed by atoms with Crippen LogP contribution in [-0.2, 0) is 0 Å². The maximum atomic E-state index is 11.1. The molecular weight excluding hydrogens is 264 g/mol. The first-order valence-corrected chi connectivity index (χ1v) is 7.62. The molecule has 0 spiro atoms. The van der Waals surface area contributed by atoms with Crippen molar-refractivity contribution in [2.75, 3.05) is 0 Å². The van der Waals surface area contributed by atoms with Crippen LogP contribution in [0.5, 0.6) is 0 Å². The fourth-order valence-electron chi connectivity index (χ4n) is 2.68. The number of carboxylic acid groups (broad SMARTS) is 1. The van der Waals surface area contributed by atoms with Crippen molar-refractivity contribution in [1.82, 2.24) is 9.55 Å². The van der Waals surface area contributed by atoms with Crippen molar-refractivity contribution < 1.29 is 9.90 Å². The van der Waals surface area contributed by atoms with Gasteiger partial charge in [0.25, 0.3) is 0 Å². The smallest absolute Gasteiger partial charge is 0.335 e. The Morgan fingerprint density at radius 2 is 1.95 bits per heavy atom. The van der Waals surface area contributed by atoms with Crippen molar-refractivity contribution in [3.8, 4) is 0 Å². The van der Waals surface area contributed by atoms with Gasteiger partial charge in [-0.2, -0.15) is 0 Å². The lowest BCUT2D eigenvalue weighted by atomic mass is 9.99. The van der Waals surface area contributed by atoms with Crippen LogP contribution >= 0.6 is 0 Å². The summed E-state index contributed by atoms with van der Waals surface area (Å²) in [6.07, 6.45) is 1.10. The van der Waals surface area contributed by atoms with Gasteiger partial charge < -0.3 is 9.67 Å². The number of hydrogen-bond acceptors (Lipinski definition) is 2. The van der Waals surface area contributed by atoms with Crippen LogP contribution in [0.25, 0.3) is 11.0 Å². The normalized spacial score (nSPS) is 14.6. The van der Waals surface area contributed by atoms with Crippen LogP contribution in [0.4, 0.5) is 0 Å². The second-order valence-electron chi connectivity index (χ2n) is 6.13. The van der Waals surface area contributed by atoms with Gasteiger partial charge in [0.1, 0.15) is 5.82 Å². The Hall–Kier alpha value is -1.84. The highest BCUT2D eigenvalue weighted by Crippen LogP contribution is 2.31. The predicted octanol–water partition coefficient (Wildman–Crippen LogP) is 4.47. The Morgan fingerprint density at radius 3 is 2.48 bits per heavy atom. The van der Waals surface area contributed by atoms with E-state index in [0.29, 0.717) is 23.4 Å². The molecule has 0 bridgehead atoms. The molecule has 2 rings (SSSR count). The number of rotatable bonds is 5. The van der Waals surface area contributed by atoms with Crippen LogP contribution in [0.1, 0.15) is 69.2 Å². The van der Waals surface area contributed by atoms with Crippen molar-refractivity contribution in [3.63, 3.8) is 0 Å². The molecule has 4 nitrogen and oxygen atoms in total. The highest BCUT2D eigenvalue weighted by Gasteiger charge is 2.21. The quantitative estimate of drug-likeness (QED) is 0.883. The monoisotopic (exact) mass is 288 g/mol. The molecule has 0 saturated heterocycles. The van der Waals surface area contributed by atoms with Crippen molar-refractivity contribution in [3.05, 3.63) is 29.6 Å². The van der Waals surface area contributed by atoms with Gasteiger partial charge >= 0.3 is 5.97 Å². The van der Waals surface area contributed by atoms with Crippen molar-refractivity contribution in [2.24, 2.45) is 5.92 Å². The minimum Gasteiger partial charge on any atom is -0.478 e. The number of aromatic carboxylic acids is 1. The van der Waals surface area contributed by atoms with Crippen LogP contribution in [0.15, 0.2) is 18.2 Å². The summed E-state index contributed by atoms with van der Waals surface area (Å²) < 4.78 is 2.28. The third-order valence-corrected chi connectivity index (χ3v) is 4.35. The number of carboxylic acids is 1. The van der Waals surface area contributed by atoms with E-state index < -0.39 is 5.97 Å². The van der Waals surface area contributed by atoms with E-state index in [0.717, 1.165) is 23.3 Å². The highest BCUT2D eigenvalue weighted by atomic mass is 16.4. The summed E-state index contributed by atoms with van der Waals surface area (Å²) in [5, 5.41) is 9.13. The average Bonchev–Trinajstić information content (AvgIpc) is 2.84. The number of benzene rings is 1. The second kappa shape index (κ2) is 5.88. The molecule has 2 aromatic rings. The SMILES string of the molecule is CCC(C)C(C)n1c(C(C)C)nc2cc(C(=O)O)ccc21. The number of aromatic nitrogens is 2. The summed E-state index contributed by atoms with van der Waals surface area (Å²) in [5.41, 5.74) is 2.09. The molecule has 2 unspecified atom stereocenters. The zero-order chi connectivity index (χ0) is 15.7. The van der Waals surface area contributed by atoms with Crippen molar-refractivity contribution in [2.45, 2.75) is 53.0 Å². The number of carbonyl (C=O) groups is 1. The van der Waals surface area contributed by atoms with Gasteiger partial charge in [0.2, 0.25) is 0 Å². The van der Waals surface area contributed by atoms with E-state index in [1.807, 2.05) is 6.07 Å². The van der Waals surface area contributed by atoms with Crippen LogP contribution in [0.3, 0.4) is 0 Å². The molecule has 0 radical (unpaired) electrons. The summed E-state index contributed by atoms with van der Waals surface area (Å²) in [7, 11) is 0. The van der Waals surface area contributed by atoms with Crippen LogP contribution in [-0.4, -0.2) is 20.6 Å². The van der Waals surface area contributed by atoms with Gasteiger partial charge in [0.05, 0.1) is 16.6 Å². The summed E-state index contributed by atoms with van der Waals surface area (Å²) in [4.78, 5) is 15.8. The molecule has 0 fully saturated rings. The van der Waals surface area contributed by atoms with Gasteiger partial charge in [0, 0.05) is 12.0 Å². The molecule has 0 aliphatic carbocycles. The first-order valence-electron chi connectivity index (χ1n) is 7.62. The fraction of sp³-hybridized carbons (Fsp3) is 0.529. The summed E-state index contributed by atoms with van der Waals surface area (Å²) in [6.45, 7) is 10.9. The van der Waals surface area contributed by atoms with E-state index in [2.05, 4.69) is 39.2 Å². The molecule has 1 aromatic heterocycles. The Balaban J connectivity index is 2.66. The zero-order valence-corrected chi connectivity index (χ0v) is 13.4. The molecule has 0 saturated carbocycles. The first-order chi connectivity index (χ1) is 9.86. The predicted molar refractivity (Wildman–Crippen MR) is 84.9 cm³/mol. The van der Waals surface area contributed by atoms with Crippen LogP contribution in [0, 0.1) is 5.92 Å². The molecule has 0 amide bonds. The molecule has 2 atom stereocenters. The van der Waals surface area contributed by atoms with E-state index in [4.69, 9.17) is 10.1 Å². The standard InChI is InChI=1S/C17H24N2O2/c1-6-11(4)12(5)19-15-8-7-13(17(20)21)9-14(15)18-16(19)10(2)3/h7-12H,6H2,1-5H3,(H,20,21). The lowest BCUT2D eigenvalue weighted by Gasteiger charge is -2.24. The van der Waals surface area contributed by atoms with E-state index in [1.165, 1.54) is 0 Å². The van der Waals surface area contributed by atoms with Gasteiger partial charge in [-0.1, -0.05) is 34.1 Å². The second-order valence-corrected chi connectivity index (χ2v) is 6.13. The molecule has 0 aliphatic rings. The van der Waals surface area contributed by atoms with Gasteiger partial charge in [-0.05, 0) is 31.0 Å². The van der Waals surface area contributed by atoms with Crippen molar-refractivity contribution >= 4 is 17.0 Å². The first kappa shape index (κ1) is 15.5.